The van der Waals surface area contributed by atoms with Gasteiger partial charge < -0.3 is 20.3 Å². The number of nitrogens with two attached hydrogens (primary N) is 1. The van der Waals surface area contributed by atoms with E-state index in [1.807, 2.05) is 0 Å². The van der Waals surface area contributed by atoms with E-state index in [0.29, 0.717) is 17.9 Å². The lowest BCUT2D eigenvalue weighted by Crippen LogP contribution is -2.27. The number of aliphatic carboxylic acids is 1. The minimum absolute atomic E-state index is 0.0125. The number of anilines is 1. The molecule has 1 rings (SSSR count). The number of ether oxygens (including phenoxy) is 2. The van der Waals surface area contributed by atoms with Crippen LogP contribution in [0.1, 0.15) is 45.2 Å². The largest absolute Gasteiger partial charge is 0.495 e. The first-order valence-corrected chi connectivity index (χ1v) is 7.27. The van der Waals surface area contributed by atoms with E-state index in [0.717, 1.165) is 5.56 Å². The summed E-state index contributed by atoms with van der Waals surface area (Å²) in [5.41, 5.74) is 6.56. The molecule has 7 nitrogen and oxygen atoms in total. The Labute approximate surface area is 135 Å². The number of methoxy groups -OCH3 is 1. The van der Waals surface area contributed by atoms with Crippen molar-refractivity contribution in [1.29, 1.82) is 0 Å². The molecule has 0 aliphatic heterocycles. The number of carboxylic acids is 1. The molecule has 7 heteroatoms. The second kappa shape index (κ2) is 7.82. The van der Waals surface area contributed by atoms with E-state index in [1.54, 1.807) is 39.0 Å². The van der Waals surface area contributed by atoms with Crippen LogP contribution < -0.4 is 15.8 Å². The summed E-state index contributed by atoms with van der Waals surface area (Å²) in [6, 6.07) is 4.63. The molecule has 0 saturated carbocycles. The molecular formula is C16H24N2O5. The summed E-state index contributed by atoms with van der Waals surface area (Å²) in [5.74, 6) is -0.463. The molecule has 1 amide bonds. The van der Waals surface area contributed by atoms with Crippen LogP contribution in [0.4, 0.5) is 10.5 Å². The third-order valence-electron chi connectivity index (χ3n) is 2.96. The second-order valence-corrected chi connectivity index (χ2v) is 6.13. The number of benzene rings is 1. The maximum atomic E-state index is 11.8. The lowest BCUT2D eigenvalue weighted by atomic mass is 10.0. The third-order valence-corrected chi connectivity index (χ3v) is 2.96. The number of hydrogen-bond acceptors (Lipinski definition) is 5. The minimum atomic E-state index is -0.893. The molecular weight excluding hydrogens is 300 g/mol. The zero-order valence-corrected chi connectivity index (χ0v) is 13.9. The molecule has 1 aromatic carbocycles. The van der Waals surface area contributed by atoms with Gasteiger partial charge in [-0.05, 0) is 44.9 Å². The van der Waals surface area contributed by atoms with Gasteiger partial charge in [-0.3, -0.25) is 10.1 Å². The molecule has 1 atom stereocenters. The number of carboxylic acid groups (broad SMARTS) is 1. The Morgan fingerprint density at radius 2 is 2.00 bits per heavy atom. The van der Waals surface area contributed by atoms with Gasteiger partial charge in [-0.2, -0.15) is 0 Å². The van der Waals surface area contributed by atoms with E-state index in [1.165, 1.54) is 7.11 Å². The SMILES string of the molecule is COc1cc(C(N)CCC(=O)O)ccc1NC(=O)OC(C)(C)C. The van der Waals surface area contributed by atoms with Crippen LogP contribution in [0.5, 0.6) is 5.75 Å². The van der Waals surface area contributed by atoms with Crippen molar-refractivity contribution >= 4 is 17.7 Å². The highest BCUT2D eigenvalue weighted by Crippen LogP contribution is 2.29. The molecule has 1 aromatic rings. The standard InChI is InChI=1S/C16H24N2O5/c1-16(2,3)23-15(21)18-12-7-5-10(9-13(12)22-4)11(17)6-8-14(19)20/h5,7,9,11H,6,8,17H2,1-4H3,(H,18,21)(H,19,20). The Morgan fingerprint density at radius 3 is 2.52 bits per heavy atom. The van der Waals surface area contributed by atoms with Crippen molar-refractivity contribution in [2.45, 2.75) is 45.3 Å². The quantitative estimate of drug-likeness (QED) is 0.742. The molecule has 0 spiro atoms. The normalized spacial score (nSPS) is 12.4. The van der Waals surface area contributed by atoms with Crippen molar-refractivity contribution in [3.05, 3.63) is 23.8 Å². The van der Waals surface area contributed by atoms with Gasteiger partial charge in [-0.25, -0.2) is 4.79 Å². The predicted octanol–water partition coefficient (Wildman–Crippen LogP) is 2.91. The fraction of sp³-hybridized carbons (Fsp3) is 0.500. The van der Waals surface area contributed by atoms with Crippen LogP contribution >= 0.6 is 0 Å². The van der Waals surface area contributed by atoms with E-state index in [2.05, 4.69) is 5.32 Å². The maximum absolute atomic E-state index is 11.8. The third kappa shape index (κ3) is 6.56. The molecule has 128 valence electrons. The number of nitrogens with one attached hydrogen (secondary N) is 1. The van der Waals surface area contributed by atoms with E-state index >= 15 is 0 Å². The summed E-state index contributed by atoms with van der Waals surface area (Å²) >= 11 is 0. The number of hydrogen-bond donors (Lipinski definition) is 3. The molecule has 1 unspecified atom stereocenters. The first-order valence-electron chi connectivity index (χ1n) is 7.27. The molecule has 0 fully saturated rings. The lowest BCUT2D eigenvalue weighted by molar-refractivity contribution is -0.137. The highest BCUT2D eigenvalue weighted by Gasteiger charge is 2.18. The first-order chi connectivity index (χ1) is 10.6. The zero-order chi connectivity index (χ0) is 17.6. The average Bonchev–Trinajstić information content (AvgIpc) is 2.43. The smallest absolute Gasteiger partial charge is 0.412 e. The van der Waals surface area contributed by atoms with Gasteiger partial charge in [0.2, 0.25) is 0 Å². The molecule has 0 aliphatic rings. The Bertz CT molecular complexity index is 566. The molecule has 0 radical (unpaired) electrons. The van der Waals surface area contributed by atoms with Crippen molar-refractivity contribution in [2.75, 3.05) is 12.4 Å². The molecule has 4 N–H and O–H groups in total. The van der Waals surface area contributed by atoms with Gasteiger partial charge >= 0.3 is 12.1 Å². The zero-order valence-electron chi connectivity index (χ0n) is 13.9. The van der Waals surface area contributed by atoms with Crippen LogP contribution in [0.25, 0.3) is 0 Å². The van der Waals surface area contributed by atoms with Gasteiger partial charge in [0.05, 0.1) is 12.8 Å². The van der Waals surface area contributed by atoms with E-state index in [-0.39, 0.29) is 6.42 Å². The maximum Gasteiger partial charge on any atom is 0.412 e. The van der Waals surface area contributed by atoms with Gasteiger partial charge in [-0.15, -0.1) is 0 Å². The van der Waals surface area contributed by atoms with Gasteiger partial charge in [0.1, 0.15) is 11.4 Å². The predicted molar refractivity (Wildman–Crippen MR) is 86.6 cm³/mol. The summed E-state index contributed by atoms with van der Waals surface area (Å²) < 4.78 is 10.4. The summed E-state index contributed by atoms with van der Waals surface area (Å²) in [4.78, 5) is 22.4. The number of amides is 1. The van der Waals surface area contributed by atoms with Crippen LogP contribution in [0.15, 0.2) is 18.2 Å². The monoisotopic (exact) mass is 324 g/mol. The van der Waals surface area contributed by atoms with Gasteiger partial charge in [-0.1, -0.05) is 6.07 Å². The van der Waals surface area contributed by atoms with Crippen LogP contribution in [0, 0.1) is 0 Å². The van der Waals surface area contributed by atoms with Crippen LogP contribution in [-0.4, -0.2) is 29.9 Å². The number of carbonyl (C=O) groups is 2. The Morgan fingerprint density at radius 1 is 1.35 bits per heavy atom. The fourth-order valence-corrected chi connectivity index (χ4v) is 1.90. The van der Waals surface area contributed by atoms with Crippen LogP contribution in [0.3, 0.4) is 0 Å². The molecule has 23 heavy (non-hydrogen) atoms. The number of carbonyl (C=O) groups excluding carboxylic acids is 1. The summed E-state index contributed by atoms with van der Waals surface area (Å²) in [6.45, 7) is 5.32. The van der Waals surface area contributed by atoms with Crippen molar-refractivity contribution < 1.29 is 24.2 Å². The van der Waals surface area contributed by atoms with E-state index in [4.69, 9.17) is 20.3 Å². The van der Waals surface area contributed by atoms with E-state index < -0.39 is 23.7 Å². The summed E-state index contributed by atoms with van der Waals surface area (Å²) in [6.07, 6.45) is -0.280. The fourth-order valence-electron chi connectivity index (χ4n) is 1.90. The van der Waals surface area contributed by atoms with Gasteiger partial charge in [0.15, 0.2) is 0 Å². The Kier molecular flexibility index (Phi) is 6.38. The topological polar surface area (TPSA) is 111 Å². The second-order valence-electron chi connectivity index (χ2n) is 6.13. The lowest BCUT2D eigenvalue weighted by Gasteiger charge is -2.20. The summed E-state index contributed by atoms with van der Waals surface area (Å²) in [5, 5.41) is 11.3. The van der Waals surface area contributed by atoms with Crippen molar-refractivity contribution in [3.8, 4) is 5.75 Å². The minimum Gasteiger partial charge on any atom is -0.495 e. The molecule has 0 aliphatic carbocycles. The average molecular weight is 324 g/mol. The van der Waals surface area contributed by atoms with Crippen molar-refractivity contribution in [2.24, 2.45) is 5.73 Å². The van der Waals surface area contributed by atoms with Crippen molar-refractivity contribution in [3.63, 3.8) is 0 Å². The molecule has 0 saturated heterocycles. The molecule has 0 heterocycles. The Balaban J connectivity index is 2.83. The van der Waals surface area contributed by atoms with Crippen LogP contribution in [0.2, 0.25) is 0 Å². The van der Waals surface area contributed by atoms with Gasteiger partial charge in [0, 0.05) is 12.5 Å². The molecule has 0 bridgehead atoms. The highest BCUT2D eigenvalue weighted by atomic mass is 16.6. The van der Waals surface area contributed by atoms with E-state index in [9.17, 15) is 9.59 Å². The van der Waals surface area contributed by atoms with Gasteiger partial charge in [0.25, 0.3) is 0 Å². The Hall–Kier alpha value is -2.28. The number of rotatable bonds is 6. The molecule has 0 aromatic heterocycles. The summed E-state index contributed by atoms with van der Waals surface area (Å²) in [7, 11) is 1.47. The van der Waals surface area contributed by atoms with Crippen LogP contribution in [-0.2, 0) is 9.53 Å². The van der Waals surface area contributed by atoms with Crippen molar-refractivity contribution in [1.82, 2.24) is 0 Å². The highest BCUT2D eigenvalue weighted by molar-refractivity contribution is 5.87. The first kappa shape index (κ1) is 18.8.